The number of pyridine rings is 1. The Morgan fingerprint density at radius 1 is 1.24 bits per heavy atom. The van der Waals surface area contributed by atoms with Crippen molar-refractivity contribution in [2.45, 2.75) is 6.92 Å². The van der Waals surface area contributed by atoms with Gasteiger partial charge in [0.2, 0.25) is 0 Å². The fourth-order valence-corrected chi connectivity index (χ4v) is 2.57. The summed E-state index contributed by atoms with van der Waals surface area (Å²) >= 11 is 1.62. The molecule has 3 aromatic rings. The molecule has 0 aliphatic rings. The molecule has 3 rings (SSSR count). The molecule has 0 amide bonds. The first-order chi connectivity index (χ1) is 8.24. The van der Waals surface area contributed by atoms with Gasteiger partial charge in [0, 0.05) is 22.0 Å². The van der Waals surface area contributed by atoms with Gasteiger partial charge in [-0.25, -0.2) is 4.98 Å². The molecule has 0 fully saturated rings. The van der Waals surface area contributed by atoms with E-state index in [4.69, 9.17) is 5.73 Å². The maximum Gasteiger partial charge on any atom is 0.138 e. The van der Waals surface area contributed by atoms with E-state index >= 15 is 0 Å². The van der Waals surface area contributed by atoms with Crippen molar-refractivity contribution >= 4 is 28.1 Å². The van der Waals surface area contributed by atoms with Crippen LogP contribution in [0.1, 0.15) is 4.88 Å². The molecule has 2 N–H and O–H groups in total. The smallest absolute Gasteiger partial charge is 0.138 e. The van der Waals surface area contributed by atoms with Crippen LogP contribution in [-0.4, -0.2) is 9.97 Å². The van der Waals surface area contributed by atoms with Crippen molar-refractivity contribution in [3.63, 3.8) is 0 Å². The van der Waals surface area contributed by atoms with E-state index in [1.165, 1.54) is 0 Å². The average Bonchev–Trinajstić information content (AvgIpc) is 2.69. The summed E-state index contributed by atoms with van der Waals surface area (Å²) in [6.45, 7) is 1.99. The molecule has 0 saturated heterocycles. The molecule has 3 nitrogen and oxygen atoms in total. The minimum absolute atomic E-state index is 0.622. The first kappa shape index (κ1) is 10.2. The molecule has 84 valence electrons. The number of nitrogens with two attached hydrogens (primary N) is 1. The molecule has 2 aromatic heterocycles. The Bertz CT molecular complexity index is 668. The standard InChI is InChI=1S/C13H11N3S/c1-8-12(14)16-13(17-8)10-4-5-11-9(7-10)3-2-6-15-11/h2-7H,14H2,1H3. The first-order valence-electron chi connectivity index (χ1n) is 5.32. The maximum atomic E-state index is 5.78. The van der Waals surface area contributed by atoms with Crippen LogP contribution in [-0.2, 0) is 0 Å². The number of benzene rings is 1. The van der Waals surface area contributed by atoms with Gasteiger partial charge in [-0.3, -0.25) is 4.98 Å². The largest absolute Gasteiger partial charge is 0.383 e. The highest BCUT2D eigenvalue weighted by Gasteiger charge is 2.07. The first-order valence-corrected chi connectivity index (χ1v) is 6.14. The molecule has 0 aliphatic heterocycles. The van der Waals surface area contributed by atoms with Crippen LogP contribution >= 0.6 is 11.3 Å². The Morgan fingerprint density at radius 2 is 2.12 bits per heavy atom. The zero-order valence-corrected chi connectivity index (χ0v) is 10.2. The van der Waals surface area contributed by atoms with Crippen molar-refractivity contribution in [1.29, 1.82) is 0 Å². The van der Waals surface area contributed by atoms with Crippen LogP contribution in [0.25, 0.3) is 21.5 Å². The van der Waals surface area contributed by atoms with Crippen LogP contribution < -0.4 is 5.73 Å². The Morgan fingerprint density at radius 3 is 2.88 bits per heavy atom. The van der Waals surface area contributed by atoms with Gasteiger partial charge in [-0.1, -0.05) is 6.07 Å². The molecule has 2 heterocycles. The zero-order chi connectivity index (χ0) is 11.8. The van der Waals surface area contributed by atoms with Crippen LogP contribution in [0.3, 0.4) is 0 Å². The molecule has 0 spiro atoms. The van der Waals surface area contributed by atoms with Crippen molar-refractivity contribution in [3.05, 3.63) is 41.4 Å². The minimum atomic E-state index is 0.622. The quantitative estimate of drug-likeness (QED) is 0.711. The van der Waals surface area contributed by atoms with Crippen molar-refractivity contribution < 1.29 is 0 Å². The van der Waals surface area contributed by atoms with Gasteiger partial charge in [-0.15, -0.1) is 11.3 Å². The highest BCUT2D eigenvalue weighted by atomic mass is 32.1. The van der Waals surface area contributed by atoms with Crippen LogP contribution in [0.2, 0.25) is 0 Å². The summed E-state index contributed by atoms with van der Waals surface area (Å²) in [5, 5.41) is 2.09. The van der Waals surface area contributed by atoms with Gasteiger partial charge < -0.3 is 5.73 Å². The summed E-state index contributed by atoms with van der Waals surface area (Å²) in [4.78, 5) is 9.72. The van der Waals surface area contributed by atoms with Gasteiger partial charge in [0.15, 0.2) is 0 Å². The van der Waals surface area contributed by atoms with Gasteiger partial charge in [-0.2, -0.15) is 0 Å². The Kier molecular flexibility index (Phi) is 2.30. The van der Waals surface area contributed by atoms with E-state index in [2.05, 4.69) is 22.1 Å². The van der Waals surface area contributed by atoms with Crippen molar-refractivity contribution in [1.82, 2.24) is 9.97 Å². The number of anilines is 1. The van der Waals surface area contributed by atoms with Crippen LogP contribution in [0, 0.1) is 6.92 Å². The number of aryl methyl sites for hydroxylation is 1. The van der Waals surface area contributed by atoms with E-state index in [0.29, 0.717) is 5.82 Å². The predicted octanol–water partition coefficient (Wildman–Crippen LogP) is 3.25. The lowest BCUT2D eigenvalue weighted by Crippen LogP contribution is -1.86. The number of fused-ring (bicyclic) bond motifs is 1. The van der Waals surface area contributed by atoms with E-state index in [-0.39, 0.29) is 0 Å². The van der Waals surface area contributed by atoms with Gasteiger partial charge in [0.25, 0.3) is 0 Å². The normalized spacial score (nSPS) is 10.9. The summed E-state index contributed by atoms with van der Waals surface area (Å²) in [6, 6.07) is 10.1. The Hall–Kier alpha value is -1.94. The molecule has 0 unspecified atom stereocenters. The van der Waals surface area contributed by atoms with Crippen LogP contribution in [0.4, 0.5) is 5.82 Å². The van der Waals surface area contributed by atoms with Crippen molar-refractivity contribution in [2.75, 3.05) is 5.73 Å². The van der Waals surface area contributed by atoms with Crippen LogP contribution in [0.15, 0.2) is 36.5 Å². The fraction of sp³-hybridized carbons (Fsp3) is 0.0769. The van der Waals surface area contributed by atoms with Crippen LogP contribution in [0.5, 0.6) is 0 Å². The number of rotatable bonds is 1. The molecule has 0 aliphatic carbocycles. The number of hydrogen-bond acceptors (Lipinski definition) is 4. The third-order valence-corrected chi connectivity index (χ3v) is 3.72. The number of nitrogen functional groups attached to an aromatic ring is 1. The number of hydrogen-bond donors (Lipinski definition) is 1. The number of aromatic nitrogens is 2. The van der Waals surface area contributed by atoms with E-state index < -0.39 is 0 Å². The predicted molar refractivity (Wildman–Crippen MR) is 72.0 cm³/mol. The van der Waals surface area contributed by atoms with Gasteiger partial charge in [-0.05, 0) is 31.2 Å². The second kappa shape index (κ2) is 3.82. The lowest BCUT2D eigenvalue weighted by molar-refractivity contribution is 1.38. The SMILES string of the molecule is Cc1sc(-c2ccc3ncccc3c2)nc1N. The molecule has 17 heavy (non-hydrogen) atoms. The number of thiazole rings is 1. The van der Waals surface area contributed by atoms with E-state index in [9.17, 15) is 0 Å². The zero-order valence-electron chi connectivity index (χ0n) is 9.34. The summed E-state index contributed by atoms with van der Waals surface area (Å²) < 4.78 is 0. The fourth-order valence-electron chi connectivity index (χ4n) is 1.74. The summed E-state index contributed by atoms with van der Waals surface area (Å²) in [7, 11) is 0. The summed E-state index contributed by atoms with van der Waals surface area (Å²) in [5.74, 6) is 0.622. The van der Waals surface area contributed by atoms with E-state index in [1.54, 1.807) is 17.5 Å². The molecular weight excluding hydrogens is 230 g/mol. The average molecular weight is 241 g/mol. The lowest BCUT2D eigenvalue weighted by atomic mass is 10.1. The van der Waals surface area contributed by atoms with Gasteiger partial charge in [0.1, 0.15) is 10.8 Å². The highest BCUT2D eigenvalue weighted by molar-refractivity contribution is 7.15. The molecule has 0 saturated carbocycles. The van der Waals surface area contributed by atoms with Crippen molar-refractivity contribution in [2.24, 2.45) is 0 Å². The Balaban J connectivity index is 2.17. The topological polar surface area (TPSA) is 51.8 Å². The molecule has 0 atom stereocenters. The third kappa shape index (κ3) is 1.76. The summed E-state index contributed by atoms with van der Waals surface area (Å²) in [5.41, 5.74) is 7.87. The molecule has 4 heteroatoms. The van der Waals surface area contributed by atoms with Gasteiger partial charge >= 0.3 is 0 Å². The highest BCUT2D eigenvalue weighted by Crippen LogP contribution is 2.30. The lowest BCUT2D eigenvalue weighted by Gasteiger charge is -1.99. The third-order valence-electron chi connectivity index (χ3n) is 2.68. The maximum absolute atomic E-state index is 5.78. The Labute approximate surface area is 103 Å². The molecule has 0 radical (unpaired) electrons. The van der Waals surface area contributed by atoms with E-state index in [1.807, 2.05) is 25.1 Å². The second-order valence-electron chi connectivity index (χ2n) is 3.87. The van der Waals surface area contributed by atoms with Crippen molar-refractivity contribution in [3.8, 4) is 10.6 Å². The number of nitrogens with zero attached hydrogens (tertiary/aromatic N) is 2. The summed E-state index contributed by atoms with van der Waals surface area (Å²) in [6.07, 6.45) is 1.80. The second-order valence-corrected chi connectivity index (χ2v) is 5.07. The van der Waals surface area contributed by atoms with Gasteiger partial charge in [0.05, 0.1) is 5.52 Å². The van der Waals surface area contributed by atoms with E-state index in [0.717, 1.165) is 26.4 Å². The molecule has 1 aromatic carbocycles. The monoisotopic (exact) mass is 241 g/mol. The molecule has 0 bridgehead atoms. The molecular formula is C13H11N3S. The minimum Gasteiger partial charge on any atom is -0.383 e.